The summed E-state index contributed by atoms with van der Waals surface area (Å²) in [6, 6.07) is 6.98. The first-order chi connectivity index (χ1) is 16.1. The number of nitrogens with two attached hydrogens (primary N) is 1. The van der Waals surface area contributed by atoms with Gasteiger partial charge < -0.3 is 15.8 Å². The number of halogens is 4. The minimum atomic E-state index is -4.64. The minimum Gasteiger partial charge on any atom is -0.480 e. The van der Waals surface area contributed by atoms with E-state index in [1.807, 2.05) is 0 Å². The summed E-state index contributed by atoms with van der Waals surface area (Å²) in [5.74, 6) is -1.46. The highest BCUT2D eigenvalue weighted by Crippen LogP contribution is 2.31. The summed E-state index contributed by atoms with van der Waals surface area (Å²) in [6.07, 6.45) is -2.99. The van der Waals surface area contributed by atoms with E-state index >= 15 is 0 Å². The average molecular weight is 474 g/mol. The molecular weight excluding hydrogens is 456 g/mol. The van der Waals surface area contributed by atoms with E-state index in [0.717, 1.165) is 0 Å². The maximum atomic E-state index is 14.0. The molecule has 0 atom stereocenters. The number of nitrogen functional groups attached to an aromatic ring is 1. The second-order valence-corrected chi connectivity index (χ2v) is 7.35. The summed E-state index contributed by atoms with van der Waals surface area (Å²) in [7, 11) is 1.33. The lowest BCUT2D eigenvalue weighted by Crippen LogP contribution is -2.24. The van der Waals surface area contributed by atoms with Crippen LogP contribution in [0.4, 0.5) is 23.5 Å². The van der Waals surface area contributed by atoms with Crippen molar-refractivity contribution in [2.45, 2.75) is 19.6 Å². The second kappa shape index (κ2) is 8.61. The van der Waals surface area contributed by atoms with Gasteiger partial charge in [0.05, 0.1) is 12.7 Å². The van der Waals surface area contributed by atoms with Crippen LogP contribution in [0.15, 0.2) is 42.6 Å². The van der Waals surface area contributed by atoms with Crippen molar-refractivity contribution >= 4 is 17.5 Å². The zero-order chi connectivity index (χ0) is 24.6. The average Bonchev–Trinajstić information content (AvgIpc) is 3.16. The van der Waals surface area contributed by atoms with Gasteiger partial charge >= 0.3 is 6.18 Å². The first-order valence-electron chi connectivity index (χ1n) is 9.88. The summed E-state index contributed by atoms with van der Waals surface area (Å²) in [5, 5.41) is 6.44. The Labute approximate surface area is 190 Å². The number of carbonyl (C=O) groups excluding carboxylic acids is 1. The molecule has 0 saturated heterocycles. The lowest BCUT2D eigenvalue weighted by molar-refractivity contribution is -0.137. The number of carbonyl (C=O) groups is 1. The fraction of sp³-hybridized carbons (Fsp3) is 0.182. The SMILES string of the molecule is COc1nc(C)c(-c2ccn3nc(N)nc3c2)cc1C(=O)NCc1cc(C(F)(F)F)ccc1F. The summed E-state index contributed by atoms with van der Waals surface area (Å²) >= 11 is 0. The zero-order valence-corrected chi connectivity index (χ0v) is 17.9. The third-order valence-corrected chi connectivity index (χ3v) is 5.09. The molecule has 4 aromatic rings. The molecule has 0 aliphatic heterocycles. The highest BCUT2D eigenvalue weighted by Gasteiger charge is 2.31. The fourth-order valence-electron chi connectivity index (χ4n) is 3.42. The van der Waals surface area contributed by atoms with Gasteiger partial charge in [0.2, 0.25) is 11.8 Å². The van der Waals surface area contributed by atoms with Crippen LogP contribution in [0.1, 0.15) is 27.2 Å². The Balaban J connectivity index is 1.65. The number of methoxy groups -OCH3 is 1. The van der Waals surface area contributed by atoms with Crippen LogP contribution in [0, 0.1) is 12.7 Å². The number of amides is 1. The molecule has 8 nitrogen and oxygen atoms in total. The van der Waals surface area contributed by atoms with E-state index < -0.39 is 30.0 Å². The van der Waals surface area contributed by atoms with Gasteiger partial charge in [0.15, 0.2) is 5.65 Å². The number of aryl methyl sites for hydroxylation is 1. The van der Waals surface area contributed by atoms with Crippen LogP contribution in [-0.2, 0) is 12.7 Å². The minimum absolute atomic E-state index is 0.0102. The van der Waals surface area contributed by atoms with E-state index in [0.29, 0.717) is 40.7 Å². The maximum Gasteiger partial charge on any atom is 0.416 e. The lowest BCUT2D eigenvalue weighted by Gasteiger charge is -2.14. The number of hydrogen-bond donors (Lipinski definition) is 2. The molecule has 0 spiro atoms. The molecular formula is C22H18F4N6O2. The third kappa shape index (κ3) is 4.47. The van der Waals surface area contributed by atoms with Gasteiger partial charge in [-0.25, -0.2) is 13.9 Å². The topological polar surface area (TPSA) is 107 Å². The molecule has 4 rings (SSSR count). The molecule has 0 aliphatic rings. The van der Waals surface area contributed by atoms with Crippen LogP contribution in [-0.4, -0.2) is 32.6 Å². The summed E-state index contributed by atoms with van der Waals surface area (Å²) in [5.41, 5.74) is 6.61. The lowest BCUT2D eigenvalue weighted by atomic mass is 10.0. The van der Waals surface area contributed by atoms with Crippen molar-refractivity contribution in [3.05, 3.63) is 70.8 Å². The van der Waals surface area contributed by atoms with Crippen molar-refractivity contribution in [2.24, 2.45) is 0 Å². The van der Waals surface area contributed by atoms with Gasteiger partial charge in [-0.3, -0.25) is 4.79 Å². The summed E-state index contributed by atoms with van der Waals surface area (Å²) < 4.78 is 59.6. The molecule has 1 amide bonds. The highest BCUT2D eigenvalue weighted by atomic mass is 19.4. The Hall–Kier alpha value is -4.22. The first kappa shape index (κ1) is 23.0. The van der Waals surface area contributed by atoms with Crippen molar-refractivity contribution in [3.8, 4) is 17.0 Å². The molecule has 0 unspecified atom stereocenters. The number of ether oxygens (including phenoxy) is 1. The monoisotopic (exact) mass is 474 g/mol. The van der Waals surface area contributed by atoms with E-state index in [1.54, 1.807) is 25.3 Å². The van der Waals surface area contributed by atoms with Gasteiger partial charge in [-0.1, -0.05) is 0 Å². The molecule has 1 aromatic carbocycles. The molecule has 3 heterocycles. The second-order valence-electron chi connectivity index (χ2n) is 7.35. The Morgan fingerprint density at radius 1 is 1.18 bits per heavy atom. The van der Waals surface area contributed by atoms with Crippen LogP contribution in [0.25, 0.3) is 16.8 Å². The predicted octanol–water partition coefficient (Wildman–Crippen LogP) is 3.78. The van der Waals surface area contributed by atoms with E-state index in [2.05, 4.69) is 20.4 Å². The summed E-state index contributed by atoms with van der Waals surface area (Å²) in [4.78, 5) is 21.3. The molecule has 3 N–H and O–H groups in total. The number of benzene rings is 1. The number of nitrogens with one attached hydrogen (secondary N) is 1. The number of pyridine rings is 2. The number of hydrogen-bond acceptors (Lipinski definition) is 6. The van der Waals surface area contributed by atoms with Gasteiger partial charge in [-0.2, -0.15) is 18.2 Å². The van der Waals surface area contributed by atoms with Crippen molar-refractivity contribution in [1.29, 1.82) is 0 Å². The van der Waals surface area contributed by atoms with E-state index in [1.165, 1.54) is 17.7 Å². The molecule has 0 saturated carbocycles. The van der Waals surface area contributed by atoms with Crippen molar-refractivity contribution in [1.82, 2.24) is 24.9 Å². The van der Waals surface area contributed by atoms with Crippen LogP contribution in [0.5, 0.6) is 5.88 Å². The number of rotatable bonds is 5. The van der Waals surface area contributed by atoms with E-state index in [-0.39, 0.29) is 23.0 Å². The Kier molecular flexibility index (Phi) is 5.82. The molecule has 0 aliphatic carbocycles. The van der Waals surface area contributed by atoms with Crippen LogP contribution >= 0.6 is 0 Å². The van der Waals surface area contributed by atoms with Gasteiger partial charge in [0.25, 0.3) is 5.91 Å². The molecule has 12 heteroatoms. The van der Waals surface area contributed by atoms with E-state index in [9.17, 15) is 22.4 Å². The molecule has 0 bridgehead atoms. The van der Waals surface area contributed by atoms with Crippen molar-refractivity contribution in [2.75, 3.05) is 12.8 Å². The Bertz CT molecular complexity index is 1400. The Morgan fingerprint density at radius 2 is 1.94 bits per heavy atom. The normalized spacial score (nSPS) is 11.6. The molecule has 0 fully saturated rings. The molecule has 3 aromatic heterocycles. The van der Waals surface area contributed by atoms with Crippen LogP contribution in [0.3, 0.4) is 0 Å². The zero-order valence-electron chi connectivity index (χ0n) is 17.9. The summed E-state index contributed by atoms with van der Waals surface area (Å²) in [6.45, 7) is 1.26. The quantitative estimate of drug-likeness (QED) is 0.427. The highest BCUT2D eigenvalue weighted by molar-refractivity contribution is 5.97. The predicted molar refractivity (Wildman–Crippen MR) is 114 cm³/mol. The molecule has 0 radical (unpaired) electrons. The largest absolute Gasteiger partial charge is 0.480 e. The van der Waals surface area contributed by atoms with Gasteiger partial charge in [0, 0.05) is 29.6 Å². The molecule has 34 heavy (non-hydrogen) atoms. The van der Waals surface area contributed by atoms with Crippen molar-refractivity contribution in [3.63, 3.8) is 0 Å². The first-order valence-corrected chi connectivity index (χ1v) is 9.88. The van der Waals surface area contributed by atoms with Crippen molar-refractivity contribution < 1.29 is 27.1 Å². The number of alkyl halides is 3. The standard InChI is InChI=1S/C22H18F4N6O2/c1-11-15(12-5-6-32-18(8-12)30-21(27)31-32)9-16(20(29-11)34-2)19(33)28-10-13-7-14(22(24,25)26)3-4-17(13)23/h3-9H,10H2,1-2H3,(H2,27,31)(H,28,33). The Morgan fingerprint density at radius 3 is 2.65 bits per heavy atom. The maximum absolute atomic E-state index is 14.0. The number of fused-ring (bicyclic) bond motifs is 1. The number of aromatic nitrogens is 4. The van der Waals surface area contributed by atoms with Gasteiger partial charge in [0.1, 0.15) is 11.4 Å². The van der Waals surface area contributed by atoms with E-state index in [4.69, 9.17) is 10.5 Å². The van der Waals surface area contributed by atoms with Gasteiger partial charge in [-0.05, 0) is 48.9 Å². The van der Waals surface area contributed by atoms with Gasteiger partial charge in [-0.15, -0.1) is 5.10 Å². The number of nitrogens with zero attached hydrogens (tertiary/aromatic N) is 4. The third-order valence-electron chi connectivity index (χ3n) is 5.09. The fourth-order valence-corrected chi connectivity index (χ4v) is 3.42. The molecule has 176 valence electrons. The number of anilines is 1. The van der Waals surface area contributed by atoms with Crippen LogP contribution in [0.2, 0.25) is 0 Å². The smallest absolute Gasteiger partial charge is 0.416 e. The van der Waals surface area contributed by atoms with Crippen LogP contribution < -0.4 is 15.8 Å².